The molecule has 0 atom stereocenters. The Morgan fingerprint density at radius 3 is 2.32 bits per heavy atom. The van der Waals surface area contributed by atoms with Crippen LogP contribution in [0.4, 0.5) is 5.69 Å². The van der Waals surface area contributed by atoms with E-state index in [9.17, 15) is 4.79 Å². The monoisotopic (exact) mass is 398 g/mol. The molecule has 0 heterocycles. The van der Waals surface area contributed by atoms with Crippen molar-refractivity contribution in [3.63, 3.8) is 0 Å². The smallest absolute Gasteiger partial charge is 0.227 e. The molecule has 0 saturated carbocycles. The number of rotatable bonds is 12. The Hall–Kier alpha value is -1.78. The van der Waals surface area contributed by atoms with E-state index in [0.717, 1.165) is 50.2 Å². The van der Waals surface area contributed by atoms with Crippen LogP contribution >= 0.6 is 11.8 Å². The molecule has 0 radical (unpaired) electrons. The van der Waals surface area contributed by atoms with Crippen LogP contribution in [0.25, 0.3) is 0 Å². The number of benzene rings is 2. The maximum atomic E-state index is 13.0. The summed E-state index contributed by atoms with van der Waals surface area (Å²) in [5.74, 6) is 1.16. The lowest BCUT2D eigenvalue weighted by molar-refractivity contribution is -0.118. The van der Waals surface area contributed by atoms with Crippen molar-refractivity contribution in [3.05, 3.63) is 60.2 Å². The van der Waals surface area contributed by atoms with Crippen molar-refractivity contribution >= 4 is 23.4 Å². The van der Waals surface area contributed by atoms with Crippen molar-refractivity contribution < 1.29 is 4.79 Å². The quantitative estimate of drug-likeness (QED) is 0.331. The SMILES string of the molecule is CCCCCC(=O)N(CCCN(C)C)c1ccccc1SCc1ccccc1. The lowest BCUT2D eigenvalue weighted by atomic mass is 10.1. The average Bonchev–Trinajstić information content (AvgIpc) is 2.71. The number of unbranched alkanes of at least 4 members (excludes halogenated alkanes) is 2. The number of carbonyl (C=O) groups is 1. The minimum atomic E-state index is 0.250. The molecule has 2 rings (SSSR count). The van der Waals surface area contributed by atoms with Crippen molar-refractivity contribution in [2.75, 3.05) is 32.1 Å². The zero-order valence-corrected chi connectivity index (χ0v) is 18.4. The molecule has 0 fully saturated rings. The molecule has 28 heavy (non-hydrogen) atoms. The summed E-state index contributed by atoms with van der Waals surface area (Å²) in [6.07, 6.45) is 4.83. The van der Waals surface area contributed by atoms with E-state index >= 15 is 0 Å². The fraction of sp³-hybridized carbons (Fsp3) is 0.458. The van der Waals surface area contributed by atoms with Gasteiger partial charge in [-0.1, -0.05) is 62.2 Å². The number of carbonyl (C=O) groups excluding carboxylic acids is 1. The summed E-state index contributed by atoms with van der Waals surface area (Å²) in [6.45, 7) is 3.93. The average molecular weight is 399 g/mol. The molecule has 0 bridgehead atoms. The highest BCUT2D eigenvalue weighted by atomic mass is 32.2. The van der Waals surface area contributed by atoms with Crippen LogP contribution in [0.15, 0.2) is 59.5 Å². The molecule has 1 amide bonds. The summed E-state index contributed by atoms with van der Waals surface area (Å²) in [5.41, 5.74) is 2.36. The van der Waals surface area contributed by atoms with Crippen LogP contribution in [0.5, 0.6) is 0 Å². The second kappa shape index (κ2) is 12.6. The minimum absolute atomic E-state index is 0.250. The van der Waals surface area contributed by atoms with Gasteiger partial charge in [-0.25, -0.2) is 0 Å². The van der Waals surface area contributed by atoms with Gasteiger partial charge in [0.25, 0.3) is 0 Å². The van der Waals surface area contributed by atoms with Gasteiger partial charge in [-0.3, -0.25) is 4.79 Å². The Morgan fingerprint density at radius 2 is 1.61 bits per heavy atom. The molecule has 0 aliphatic carbocycles. The molecular formula is C24H34N2OS. The first kappa shape index (κ1) is 22.5. The molecule has 0 saturated heterocycles. The normalized spacial score (nSPS) is 11.0. The number of nitrogens with zero attached hydrogens (tertiary/aromatic N) is 2. The maximum absolute atomic E-state index is 13.0. The summed E-state index contributed by atoms with van der Waals surface area (Å²) < 4.78 is 0. The fourth-order valence-corrected chi connectivity index (χ4v) is 4.14. The van der Waals surface area contributed by atoms with Crippen molar-refractivity contribution in [2.24, 2.45) is 0 Å². The standard InChI is InChI=1S/C24H34N2OS/c1-4-5-7-17-24(27)26(19-12-18-25(2)3)22-15-10-11-16-23(22)28-20-21-13-8-6-9-14-21/h6,8-11,13-16H,4-5,7,12,17-20H2,1-3H3. The molecule has 0 aromatic heterocycles. The van der Waals surface area contributed by atoms with Gasteiger partial charge in [-0.2, -0.15) is 0 Å². The van der Waals surface area contributed by atoms with Crippen LogP contribution in [0, 0.1) is 0 Å². The van der Waals surface area contributed by atoms with Crippen LogP contribution < -0.4 is 4.90 Å². The van der Waals surface area contributed by atoms with E-state index in [1.807, 2.05) is 28.8 Å². The number of anilines is 1. The van der Waals surface area contributed by atoms with E-state index in [1.54, 1.807) is 0 Å². The van der Waals surface area contributed by atoms with Crippen molar-refractivity contribution in [3.8, 4) is 0 Å². The van der Waals surface area contributed by atoms with Crippen LogP contribution in [0.1, 0.15) is 44.6 Å². The molecule has 152 valence electrons. The van der Waals surface area contributed by atoms with E-state index in [2.05, 4.69) is 68.4 Å². The molecule has 3 nitrogen and oxygen atoms in total. The lowest BCUT2D eigenvalue weighted by Gasteiger charge is -2.26. The molecule has 0 aliphatic heterocycles. The predicted molar refractivity (Wildman–Crippen MR) is 122 cm³/mol. The molecule has 2 aromatic rings. The first-order valence-corrected chi connectivity index (χ1v) is 11.3. The van der Waals surface area contributed by atoms with Crippen molar-refractivity contribution in [1.82, 2.24) is 4.90 Å². The molecular weight excluding hydrogens is 364 g/mol. The van der Waals surface area contributed by atoms with Gasteiger partial charge in [-0.05, 0) is 51.2 Å². The first-order chi connectivity index (χ1) is 13.6. The van der Waals surface area contributed by atoms with E-state index in [0.29, 0.717) is 6.42 Å². The summed E-state index contributed by atoms with van der Waals surface area (Å²) in [6, 6.07) is 18.8. The highest BCUT2D eigenvalue weighted by Gasteiger charge is 2.18. The third-order valence-corrected chi connectivity index (χ3v) is 5.81. The molecule has 0 N–H and O–H groups in total. The van der Waals surface area contributed by atoms with Gasteiger partial charge in [0.2, 0.25) is 5.91 Å². The summed E-state index contributed by atoms with van der Waals surface area (Å²) in [7, 11) is 4.16. The second-order valence-corrected chi connectivity index (χ2v) is 8.42. The largest absolute Gasteiger partial charge is 0.311 e. The Balaban J connectivity index is 2.14. The molecule has 2 aromatic carbocycles. The van der Waals surface area contributed by atoms with Crippen LogP contribution in [-0.2, 0) is 10.5 Å². The molecule has 0 spiro atoms. The van der Waals surface area contributed by atoms with Gasteiger partial charge in [0.15, 0.2) is 0 Å². The number of thioether (sulfide) groups is 1. The van der Waals surface area contributed by atoms with Crippen LogP contribution in [0.3, 0.4) is 0 Å². The number of para-hydroxylation sites is 1. The van der Waals surface area contributed by atoms with E-state index in [4.69, 9.17) is 0 Å². The van der Waals surface area contributed by atoms with Gasteiger partial charge in [0.1, 0.15) is 0 Å². The first-order valence-electron chi connectivity index (χ1n) is 10.3. The number of hydrogen-bond acceptors (Lipinski definition) is 3. The lowest BCUT2D eigenvalue weighted by Crippen LogP contribution is -2.33. The molecule has 0 aliphatic rings. The van der Waals surface area contributed by atoms with Gasteiger partial charge >= 0.3 is 0 Å². The van der Waals surface area contributed by atoms with Crippen molar-refractivity contribution in [2.45, 2.75) is 49.7 Å². The van der Waals surface area contributed by atoms with Gasteiger partial charge < -0.3 is 9.80 Å². The summed E-state index contributed by atoms with van der Waals surface area (Å²) >= 11 is 1.81. The van der Waals surface area contributed by atoms with E-state index in [1.165, 1.54) is 10.5 Å². The second-order valence-electron chi connectivity index (χ2n) is 7.40. The zero-order chi connectivity index (χ0) is 20.2. The minimum Gasteiger partial charge on any atom is -0.311 e. The van der Waals surface area contributed by atoms with E-state index < -0.39 is 0 Å². The topological polar surface area (TPSA) is 23.6 Å². The number of hydrogen-bond donors (Lipinski definition) is 0. The summed E-state index contributed by atoms with van der Waals surface area (Å²) in [5, 5.41) is 0. The van der Waals surface area contributed by atoms with Gasteiger partial charge in [0, 0.05) is 23.6 Å². The molecule has 4 heteroatoms. The summed E-state index contributed by atoms with van der Waals surface area (Å²) in [4.78, 5) is 18.4. The zero-order valence-electron chi connectivity index (χ0n) is 17.6. The Labute approximate surface area is 175 Å². The highest BCUT2D eigenvalue weighted by Crippen LogP contribution is 2.33. The van der Waals surface area contributed by atoms with Crippen molar-refractivity contribution in [1.29, 1.82) is 0 Å². The molecule has 0 unspecified atom stereocenters. The Morgan fingerprint density at radius 1 is 0.893 bits per heavy atom. The van der Waals surface area contributed by atoms with E-state index in [-0.39, 0.29) is 5.91 Å². The van der Waals surface area contributed by atoms with Crippen LogP contribution in [-0.4, -0.2) is 38.0 Å². The van der Waals surface area contributed by atoms with Gasteiger partial charge in [0.05, 0.1) is 5.69 Å². The third kappa shape index (κ3) is 7.69. The van der Waals surface area contributed by atoms with Gasteiger partial charge in [-0.15, -0.1) is 11.8 Å². The third-order valence-electron chi connectivity index (χ3n) is 4.68. The predicted octanol–water partition coefficient (Wildman–Crippen LogP) is 5.84. The Bertz CT molecular complexity index is 703. The van der Waals surface area contributed by atoms with Crippen LogP contribution in [0.2, 0.25) is 0 Å². The Kier molecular flexibility index (Phi) is 10.2. The number of amides is 1. The highest BCUT2D eigenvalue weighted by molar-refractivity contribution is 7.98. The maximum Gasteiger partial charge on any atom is 0.227 e. The fourth-order valence-electron chi connectivity index (χ4n) is 3.12.